The van der Waals surface area contributed by atoms with Crippen LogP contribution in [0.3, 0.4) is 0 Å². The fourth-order valence-electron chi connectivity index (χ4n) is 14.3. The van der Waals surface area contributed by atoms with Gasteiger partial charge in [-0.15, -0.1) is 0 Å². The van der Waals surface area contributed by atoms with Gasteiger partial charge < -0.3 is 19.4 Å². The van der Waals surface area contributed by atoms with E-state index in [0.717, 1.165) is 86.7 Å². The average molecular weight is 1360 g/mol. The van der Waals surface area contributed by atoms with Gasteiger partial charge in [0.05, 0.1) is 0 Å². The largest absolute Gasteiger partial charge is 2.00 e. The Morgan fingerprint density at radius 2 is 0.389 bits per heavy atom. The molecule has 0 fully saturated rings. The summed E-state index contributed by atoms with van der Waals surface area (Å²) >= 11 is 0. The standard InChI is InChI=1S/C74H128N2.2C9H19.Ni/c1-5-9-13-15-17-19-21-23-25-27-29-31-33-35-37-39-41-43-45-47-49-51-53-55-67-59-63-69(64-60-67)73-71(57-11-7-3)72(58-12-8-4)74(76(73)75)70-65-61-68(62-66-70)56-54-52-50-48-46-44-42-40-38-36-34-32-30-28-26-24-22-20-18-16-14-10-6-2;2*1-3-5-7-9-8-6-4-2;/h59-66H,5-58H2,1-4H3;2*1,3-9H2,2H3;/q;2*-1;+2. The molecule has 0 aromatic heterocycles. The third-order valence-corrected chi connectivity index (χ3v) is 20.7. The van der Waals surface area contributed by atoms with E-state index < -0.39 is 0 Å². The van der Waals surface area contributed by atoms with Crippen LogP contribution in [0, 0.1) is 13.8 Å². The predicted octanol–water partition coefficient (Wildman–Crippen LogP) is 33.4. The Bertz CT molecular complexity index is 1770. The minimum Gasteiger partial charge on any atom is -0.493 e. The van der Waals surface area contributed by atoms with Crippen LogP contribution in [-0.4, -0.2) is 4.70 Å². The van der Waals surface area contributed by atoms with Crippen molar-refractivity contribution in [3.8, 4) is 0 Å². The maximum atomic E-state index is 12.1. The summed E-state index contributed by atoms with van der Waals surface area (Å²) in [7, 11) is 0. The van der Waals surface area contributed by atoms with E-state index in [1.807, 2.05) is 0 Å². The van der Waals surface area contributed by atoms with Crippen molar-refractivity contribution in [2.45, 2.75) is 478 Å². The molecular weight excluding hydrogens is 1190 g/mol. The van der Waals surface area contributed by atoms with Crippen LogP contribution in [0.1, 0.15) is 488 Å². The molecule has 0 aliphatic carbocycles. The van der Waals surface area contributed by atoms with Gasteiger partial charge in [0.2, 0.25) is 11.4 Å². The first-order valence-corrected chi connectivity index (χ1v) is 43.2. The molecule has 1 aliphatic heterocycles. The molecule has 0 bridgehead atoms. The van der Waals surface area contributed by atoms with Crippen LogP contribution < -0.4 is 0 Å². The molecule has 0 radical (unpaired) electrons. The maximum Gasteiger partial charge on any atom is 2.00 e. The topological polar surface area (TPSA) is 25.3 Å². The van der Waals surface area contributed by atoms with Crippen LogP contribution >= 0.6 is 0 Å². The van der Waals surface area contributed by atoms with E-state index >= 15 is 0 Å². The second-order valence-corrected chi connectivity index (χ2v) is 29.9. The van der Waals surface area contributed by atoms with Crippen molar-refractivity contribution in [1.82, 2.24) is 0 Å². The van der Waals surface area contributed by atoms with Crippen molar-refractivity contribution in [2.24, 2.45) is 0 Å². The number of allylic oxidation sites excluding steroid dienone is 2. The molecule has 3 rings (SSSR count). The van der Waals surface area contributed by atoms with E-state index in [4.69, 9.17) is 0 Å². The molecule has 0 saturated carbocycles. The number of rotatable bonds is 68. The number of hydrogen-bond acceptors (Lipinski definition) is 0. The van der Waals surface area contributed by atoms with Crippen LogP contribution in [0.4, 0.5) is 0 Å². The van der Waals surface area contributed by atoms with Gasteiger partial charge in [-0.3, -0.25) is 0 Å². The number of benzene rings is 2. The van der Waals surface area contributed by atoms with Crippen molar-refractivity contribution in [1.29, 1.82) is 0 Å². The Labute approximate surface area is 608 Å². The molecule has 0 N–H and O–H groups in total. The van der Waals surface area contributed by atoms with Crippen LogP contribution in [0.2, 0.25) is 0 Å². The summed E-state index contributed by atoms with van der Waals surface area (Å²) in [5.41, 5.74) is 22.1. The van der Waals surface area contributed by atoms with E-state index in [1.54, 1.807) is 4.70 Å². The van der Waals surface area contributed by atoms with Gasteiger partial charge in [-0.25, -0.2) is 4.70 Å². The smallest absolute Gasteiger partial charge is 0.493 e. The first kappa shape index (κ1) is 93.0. The Morgan fingerprint density at radius 3 is 0.568 bits per heavy atom. The Kier molecular flexibility index (Phi) is 73.1. The number of aryl methyl sites for hydroxylation is 2. The molecule has 2 aromatic carbocycles. The average Bonchev–Trinajstić information content (AvgIpc) is 1.62. The minimum atomic E-state index is 0. The molecule has 3 heteroatoms. The van der Waals surface area contributed by atoms with Crippen LogP contribution in [0.15, 0.2) is 59.7 Å². The first-order chi connectivity index (χ1) is 46.5. The van der Waals surface area contributed by atoms with Crippen LogP contribution in [-0.2, 0) is 29.3 Å². The normalized spacial score (nSPS) is 12.2. The summed E-state index contributed by atoms with van der Waals surface area (Å²) in [5, 5.41) is 0. The molecule has 2 aromatic rings. The van der Waals surface area contributed by atoms with E-state index in [0.29, 0.717) is 0 Å². The van der Waals surface area contributed by atoms with Crippen molar-refractivity contribution >= 4 is 11.4 Å². The molecule has 2 nitrogen and oxygen atoms in total. The van der Waals surface area contributed by atoms with Crippen molar-refractivity contribution < 1.29 is 21.2 Å². The quantitative estimate of drug-likeness (QED) is 0.0273. The van der Waals surface area contributed by atoms with Gasteiger partial charge in [-0.1, -0.05) is 438 Å². The third kappa shape index (κ3) is 55.4. The molecule has 95 heavy (non-hydrogen) atoms. The van der Waals surface area contributed by atoms with Gasteiger partial charge in [-0.2, -0.15) is 12.8 Å². The van der Waals surface area contributed by atoms with Gasteiger partial charge >= 0.3 is 16.5 Å². The summed E-state index contributed by atoms with van der Waals surface area (Å²) in [6.45, 7) is 21.3. The predicted molar refractivity (Wildman–Crippen MR) is 427 cm³/mol. The van der Waals surface area contributed by atoms with E-state index in [1.165, 1.54) is 395 Å². The second-order valence-electron chi connectivity index (χ2n) is 29.9. The summed E-state index contributed by atoms with van der Waals surface area (Å²) in [4.78, 5) is 0. The fraction of sp³-hybridized carbons (Fsp3) is 0.804. The third-order valence-electron chi connectivity index (χ3n) is 20.7. The number of unbranched alkanes of at least 4 members (excludes halogenated alkanes) is 58. The van der Waals surface area contributed by atoms with Crippen molar-refractivity contribution in [3.63, 3.8) is 0 Å². The number of hydrogen-bond donors (Lipinski definition) is 0. The van der Waals surface area contributed by atoms with Gasteiger partial charge in [0.1, 0.15) is 0 Å². The zero-order chi connectivity index (χ0) is 67.9. The molecule has 0 unspecified atom stereocenters. The van der Waals surface area contributed by atoms with Crippen molar-refractivity contribution in [2.75, 3.05) is 0 Å². The second kappa shape index (κ2) is 74.7. The molecular formula is C92H166N2Ni. The van der Waals surface area contributed by atoms with Gasteiger partial charge in [0.15, 0.2) is 0 Å². The van der Waals surface area contributed by atoms with E-state index in [9.17, 15) is 5.53 Å². The summed E-state index contributed by atoms with van der Waals surface area (Å²) < 4.78 is 1.58. The summed E-state index contributed by atoms with van der Waals surface area (Å²) in [6, 6.07) is 18.5. The fourth-order valence-corrected chi connectivity index (χ4v) is 14.3. The van der Waals surface area contributed by atoms with Crippen LogP contribution in [0.25, 0.3) is 16.9 Å². The molecule has 1 aliphatic rings. The molecule has 0 atom stereocenters. The van der Waals surface area contributed by atoms with E-state index in [2.05, 4.69) is 104 Å². The van der Waals surface area contributed by atoms with Crippen LogP contribution in [0.5, 0.6) is 0 Å². The monoisotopic (exact) mass is 1360 g/mol. The van der Waals surface area contributed by atoms with Gasteiger partial charge in [-0.05, 0) is 86.8 Å². The SMILES string of the molecule is CCCCCCCCCCCCCCCCCCCCCCCCCc1ccc(C2=C(CCCC)C(CCCC)=C(c3ccc(CCCCCCCCCCCCCCCCCCCCCCCCC)cc3)[N+]2=[N-])cc1.[CH2-]CCCCCCCC.[CH2-]CCCCCCCC.[Ni+2]. The molecule has 0 spiro atoms. The Balaban J connectivity index is 0.00000403. The number of nitrogens with zero attached hydrogens (tertiary/aromatic N) is 2. The Morgan fingerprint density at radius 1 is 0.221 bits per heavy atom. The maximum absolute atomic E-state index is 12.1. The molecule has 554 valence electrons. The van der Waals surface area contributed by atoms with Crippen molar-refractivity contribution in [3.05, 3.63) is 101 Å². The summed E-state index contributed by atoms with van der Waals surface area (Å²) in [6.07, 6.45) is 93.8. The minimum absolute atomic E-state index is 0. The zero-order valence-corrected chi connectivity index (χ0v) is 66.3. The van der Waals surface area contributed by atoms with Gasteiger partial charge in [0.25, 0.3) is 0 Å². The Hall–Kier alpha value is -1.99. The van der Waals surface area contributed by atoms with Gasteiger partial charge in [0, 0.05) is 22.3 Å². The summed E-state index contributed by atoms with van der Waals surface area (Å²) in [5.74, 6) is 0. The molecule has 0 saturated heterocycles. The first-order valence-electron chi connectivity index (χ1n) is 43.2. The molecule has 1 heterocycles. The van der Waals surface area contributed by atoms with E-state index in [-0.39, 0.29) is 16.5 Å². The zero-order valence-electron chi connectivity index (χ0n) is 65.3. The molecule has 0 amide bonds.